The summed E-state index contributed by atoms with van der Waals surface area (Å²) in [5.41, 5.74) is -1.40. The van der Waals surface area contributed by atoms with Crippen LogP contribution in [0.15, 0.2) is 15.7 Å². The molecule has 0 aromatic carbocycles. The topological polar surface area (TPSA) is 93.4 Å². The molecule has 0 bridgehead atoms. The van der Waals surface area contributed by atoms with Gasteiger partial charge in [0.15, 0.2) is 0 Å². The summed E-state index contributed by atoms with van der Waals surface area (Å²) < 4.78 is 2.28. The molecule has 24 heavy (non-hydrogen) atoms. The van der Waals surface area contributed by atoms with Gasteiger partial charge in [0.05, 0.1) is 6.54 Å². The lowest BCUT2D eigenvalue weighted by Crippen LogP contribution is -2.46. The second-order valence-corrected chi connectivity index (χ2v) is 6.69. The molecule has 1 saturated carbocycles. The number of carbonyl (C=O) groups is 2. The van der Waals surface area contributed by atoms with E-state index in [0.717, 1.165) is 35.2 Å². The van der Waals surface area contributed by atoms with Crippen LogP contribution < -0.4 is 16.6 Å². The number of amides is 3. The fraction of sp³-hybridized carbons (Fsp3) is 0.625. The minimum absolute atomic E-state index is 0.0752. The van der Waals surface area contributed by atoms with Gasteiger partial charge in [0, 0.05) is 25.9 Å². The summed E-state index contributed by atoms with van der Waals surface area (Å²) in [6, 6.07) is 0.843. The highest BCUT2D eigenvalue weighted by Gasteiger charge is 2.50. The lowest BCUT2D eigenvalue weighted by Gasteiger charge is -2.24. The molecule has 1 aromatic rings. The lowest BCUT2D eigenvalue weighted by atomic mass is 9.90. The SMILES string of the molecule is Cn1c(CN2C(=O)NC3(CCCCCC3)C2=O)cc(=O)n(C)c1=O. The number of nitrogens with one attached hydrogen (secondary N) is 1. The number of hydrogen-bond acceptors (Lipinski definition) is 4. The predicted molar refractivity (Wildman–Crippen MR) is 86.4 cm³/mol. The number of hydrogen-bond donors (Lipinski definition) is 1. The van der Waals surface area contributed by atoms with Gasteiger partial charge in [-0.3, -0.25) is 23.6 Å². The molecule has 3 rings (SSSR count). The Kier molecular flexibility index (Phi) is 4.06. The minimum atomic E-state index is -0.813. The van der Waals surface area contributed by atoms with Gasteiger partial charge in [0.1, 0.15) is 5.54 Å². The summed E-state index contributed by atoms with van der Waals surface area (Å²) in [4.78, 5) is 50.2. The number of rotatable bonds is 2. The highest BCUT2D eigenvalue weighted by atomic mass is 16.2. The van der Waals surface area contributed by atoms with Crippen molar-refractivity contribution in [1.29, 1.82) is 0 Å². The summed E-state index contributed by atoms with van der Waals surface area (Å²) in [6.45, 7) is -0.0752. The molecule has 1 aromatic heterocycles. The highest BCUT2D eigenvalue weighted by molar-refractivity contribution is 6.06. The van der Waals surface area contributed by atoms with Gasteiger partial charge in [-0.15, -0.1) is 0 Å². The number of urea groups is 1. The van der Waals surface area contributed by atoms with Crippen molar-refractivity contribution in [2.75, 3.05) is 0 Å². The summed E-state index contributed by atoms with van der Waals surface area (Å²) in [5.74, 6) is -0.248. The third kappa shape index (κ3) is 2.55. The zero-order valence-electron chi connectivity index (χ0n) is 14.0. The van der Waals surface area contributed by atoms with Crippen LogP contribution in [0.3, 0.4) is 0 Å². The molecule has 0 radical (unpaired) electrons. The van der Waals surface area contributed by atoms with Crippen molar-refractivity contribution < 1.29 is 9.59 Å². The average molecular weight is 334 g/mol. The molecule has 1 aliphatic carbocycles. The van der Waals surface area contributed by atoms with Crippen molar-refractivity contribution in [3.63, 3.8) is 0 Å². The maximum absolute atomic E-state index is 12.9. The van der Waals surface area contributed by atoms with Crippen LogP contribution in [-0.4, -0.2) is 31.5 Å². The van der Waals surface area contributed by atoms with Gasteiger partial charge in [-0.05, 0) is 12.8 Å². The molecule has 1 N–H and O–H groups in total. The van der Waals surface area contributed by atoms with Crippen LogP contribution in [0.4, 0.5) is 4.79 Å². The van der Waals surface area contributed by atoms with Crippen molar-refractivity contribution in [3.8, 4) is 0 Å². The van der Waals surface area contributed by atoms with Crippen LogP contribution in [0.2, 0.25) is 0 Å². The first-order valence-corrected chi connectivity index (χ1v) is 8.26. The van der Waals surface area contributed by atoms with E-state index in [1.54, 1.807) is 0 Å². The number of imide groups is 1. The van der Waals surface area contributed by atoms with Crippen molar-refractivity contribution in [3.05, 3.63) is 32.6 Å². The van der Waals surface area contributed by atoms with Crippen LogP contribution in [0.5, 0.6) is 0 Å². The van der Waals surface area contributed by atoms with Crippen LogP contribution in [-0.2, 0) is 25.4 Å². The van der Waals surface area contributed by atoms with Gasteiger partial charge < -0.3 is 5.32 Å². The fourth-order valence-corrected chi connectivity index (χ4v) is 3.58. The van der Waals surface area contributed by atoms with E-state index in [-0.39, 0.29) is 12.5 Å². The molecule has 2 fully saturated rings. The van der Waals surface area contributed by atoms with Gasteiger partial charge in [0.2, 0.25) is 0 Å². The highest BCUT2D eigenvalue weighted by Crippen LogP contribution is 2.33. The molecular formula is C16H22N4O4. The normalized spacial score (nSPS) is 20.3. The lowest BCUT2D eigenvalue weighted by molar-refractivity contribution is -0.132. The Morgan fingerprint density at radius 3 is 2.25 bits per heavy atom. The molecule has 0 unspecified atom stereocenters. The van der Waals surface area contributed by atoms with E-state index in [4.69, 9.17) is 0 Å². The maximum atomic E-state index is 12.9. The molecule has 130 valence electrons. The molecule has 1 saturated heterocycles. The van der Waals surface area contributed by atoms with E-state index in [1.807, 2.05) is 0 Å². The number of carbonyl (C=O) groups excluding carboxylic acids is 2. The van der Waals surface area contributed by atoms with E-state index < -0.39 is 22.8 Å². The molecule has 2 heterocycles. The first-order valence-electron chi connectivity index (χ1n) is 8.26. The fourth-order valence-electron chi connectivity index (χ4n) is 3.58. The first-order chi connectivity index (χ1) is 11.4. The van der Waals surface area contributed by atoms with Crippen LogP contribution in [0.25, 0.3) is 0 Å². The van der Waals surface area contributed by atoms with Gasteiger partial charge in [-0.2, -0.15) is 0 Å². The van der Waals surface area contributed by atoms with Crippen molar-refractivity contribution in [2.24, 2.45) is 14.1 Å². The van der Waals surface area contributed by atoms with Crippen molar-refractivity contribution in [1.82, 2.24) is 19.4 Å². The maximum Gasteiger partial charge on any atom is 0.330 e. The Morgan fingerprint density at radius 1 is 1.00 bits per heavy atom. The smallest absolute Gasteiger partial charge is 0.323 e. The average Bonchev–Trinajstić information content (AvgIpc) is 2.73. The molecule has 1 spiro atoms. The van der Waals surface area contributed by atoms with Gasteiger partial charge in [-0.25, -0.2) is 9.59 Å². The van der Waals surface area contributed by atoms with Crippen molar-refractivity contribution >= 4 is 11.9 Å². The molecule has 3 amide bonds. The third-order valence-corrected chi connectivity index (χ3v) is 5.15. The molecule has 2 aliphatic rings. The van der Waals surface area contributed by atoms with E-state index in [0.29, 0.717) is 18.5 Å². The Hall–Kier alpha value is -2.38. The summed E-state index contributed by atoms with van der Waals surface area (Å²) >= 11 is 0. The summed E-state index contributed by atoms with van der Waals surface area (Å²) in [5, 5.41) is 2.86. The van der Waals surface area contributed by atoms with Crippen LogP contribution in [0.1, 0.15) is 44.2 Å². The zero-order valence-corrected chi connectivity index (χ0v) is 14.0. The third-order valence-electron chi connectivity index (χ3n) is 5.15. The second-order valence-electron chi connectivity index (χ2n) is 6.69. The van der Waals surface area contributed by atoms with Crippen LogP contribution >= 0.6 is 0 Å². The zero-order chi connectivity index (χ0) is 17.5. The second kappa shape index (κ2) is 5.92. The van der Waals surface area contributed by atoms with Gasteiger partial charge >= 0.3 is 11.7 Å². The Labute approximate surface area is 139 Å². The minimum Gasteiger partial charge on any atom is -0.323 e. The van der Waals surface area contributed by atoms with Gasteiger partial charge in [-0.1, -0.05) is 25.7 Å². The summed E-state index contributed by atoms with van der Waals surface area (Å²) in [7, 11) is 2.92. The van der Waals surface area contributed by atoms with E-state index in [1.165, 1.54) is 24.7 Å². The Bertz CT molecular complexity index is 799. The van der Waals surface area contributed by atoms with Gasteiger partial charge in [0.25, 0.3) is 11.5 Å². The predicted octanol–water partition coefficient (Wildman–Crippen LogP) is 0.229. The Morgan fingerprint density at radius 2 is 1.62 bits per heavy atom. The molecule has 8 nitrogen and oxygen atoms in total. The molecule has 8 heteroatoms. The molecule has 1 aliphatic heterocycles. The standard InChI is InChI=1S/C16H22N4O4/c1-18-11(9-12(21)19(2)15(18)24)10-20-13(22)16(17-14(20)23)7-5-3-4-6-8-16/h9H,3-8,10H2,1-2H3,(H,17,23). The molecule has 0 atom stereocenters. The van der Waals surface area contributed by atoms with E-state index in [9.17, 15) is 19.2 Å². The Balaban J connectivity index is 1.91. The van der Waals surface area contributed by atoms with Crippen molar-refractivity contribution in [2.45, 2.75) is 50.6 Å². The largest absolute Gasteiger partial charge is 0.330 e. The first kappa shape index (κ1) is 16.5. The monoisotopic (exact) mass is 334 g/mol. The van der Waals surface area contributed by atoms with E-state index in [2.05, 4.69) is 5.32 Å². The quantitative estimate of drug-likeness (QED) is 0.784. The number of aromatic nitrogens is 2. The number of nitrogens with zero attached hydrogens (tertiary/aromatic N) is 3. The molecular weight excluding hydrogens is 312 g/mol. The van der Waals surface area contributed by atoms with Crippen LogP contribution in [0, 0.1) is 0 Å². The van der Waals surface area contributed by atoms with E-state index >= 15 is 0 Å². The summed E-state index contributed by atoms with van der Waals surface area (Å²) in [6.07, 6.45) is 5.23.